The monoisotopic (exact) mass is 390 g/mol. The first-order valence-electron chi connectivity index (χ1n) is 7.74. The first kappa shape index (κ1) is 18.2. The number of furan rings is 1. The molecular weight excluding hydrogens is 376 g/mol. The minimum atomic E-state index is -0.317. The Bertz CT molecular complexity index is 977. The van der Waals surface area contributed by atoms with Crippen molar-refractivity contribution in [1.29, 1.82) is 0 Å². The van der Waals surface area contributed by atoms with Gasteiger partial charge in [0.1, 0.15) is 11.5 Å². The predicted octanol–water partition coefficient (Wildman–Crippen LogP) is 4.30. The molecule has 26 heavy (non-hydrogen) atoms. The van der Waals surface area contributed by atoms with Crippen LogP contribution in [0.4, 0.5) is 5.13 Å². The number of anilines is 1. The lowest BCUT2D eigenvalue weighted by atomic mass is 10.2. The highest BCUT2D eigenvalue weighted by molar-refractivity contribution is 7.22. The third-order valence-electron chi connectivity index (χ3n) is 3.47. The molecule has 0 fully saturated rings. The van der Waals surface area contributed by atoms with Gasteiger partial charge in [-0.2, -0.15) is 0 Å². The van der Waals surface area contributed by atoms with Crippen LogP contribution >= 0.6 is 22.9 Å². The molecule has 0 saturated carbocycles. The van der Waals surface area contributed by atoms with E-state index in [4.69, 9.17) is 16.0 Å². The van der Waals surface area contributed by atoms with Crippen LogP contribution in [0.25, 0.3) is 16.3 Å². The summed E-state index contributed by atoms with van der Waals surface area (Å²) in [5.74, 6) is 0.562. The molecule has 0 aliphatic heterocycles. The Morgan fingerprint density at radius 3 is 3.00 bits per heavy atom. The normalized spacial score (nSPS) is 11.2. The van der Waals surface area contributed by atoms with Crippen LogP contribution < -0.4 is 5.32 Å². The molecule has 0 radical (unpaired) electrons. The molecule has 0 saturated heterocycles. The van der Waals surface area contributed by atoms with Crippen molar-refractivity contribution in [3.8, 4) is 0 Å². The van der Waals surface area contributed by atoms with Crippen LogP contribution in [0, 0.1) is 0 Å². The number of ether oxygens (including phenoxy) is 1. The smallest absolute Gasteiger partial charge is 0.305 e. The number of fused-ring (bicyclic) bond motifs is 1. The summed E-state index contributed by atoms with van der Waals surface area (Å²) < 4.78 is 11.0. The summed E-state index contributed by atoms with van der Waals surface area (Å²) in [6.07, 6.45) is 3.61. The number of benzene rings is 1. The number of esters is 1. The van der Waals surface area contributed by atoms with Gasteiger partial charge < -0.3 is 9.15 Å². The maximum absolute atomic E-state index is 12.0. The van der Waals surface area contributed by atoms with Crippen LogP contribution in [0.15, 0.2) is 40.8 Å². The molecule has 0 atom stereocenters. The Hall–Kier alpha value is -2.64. The van der Waals surface area contributed by atoms with Crippen LogP contribution in [-0.4, -0.2) is 24.0 Å². The number of nitrogens with zero attached hydrogens (tertiary/aromatic N) is 1. The maximum Gasteiger partial charge on any atom is 0.305 e. The molecule has 0 spiro atoms. The van der Waals surface area contributed by atoms with Gasteiger partial charge in [0, 0.05) is 17.5 Å². The zero-order chi connectivity index (χ0) is 18.5. The minimum Gasteiger partial charge on any atom is -0.469 e. The van der Waals surface area contributed by atoms with Gasteiger partial charge in [0.25, 0.3) is 0 Å². The third kappa shape index (κ3) is 4.71. The second-order valence-corrected chi connectivity index (χ2v) is 6.80. The van der Waals surface area contributed by atoms with E-state index in [0.717, 1.165) is 10.2 Å². The highest BCUT2D eigenvalue weighted by atomic mass is 35.5. The van der Waals surface area contributed by atoms with E-state index in [0.29, 0.717) is 28.1 Å². The Morgan fingerprint density at radius 2 is 2.19 bits per heavy atom. The van der Waals surface area contributed by atoms with Gasteiger partial charge in [-0.25, -0.2) is 4.98 Å². The molecule has 0 bridgehead atoms. The number of rotatable bonds is 6. The molecule has 1 N–H and O–H groups in total. The van der Waals surface area contributed by atoms with Crippen LogP contribution in [0.1, 0.15) is 17.9 Å². The summed E-state index contributed by atoms with van der Waals surface area (Å²) in [5, 5.41) is 3.83. The molecule has 0 aliphatic rings. The molecular formula is C18H15ClN2O4S. The SMILES string of the molecule is COC(=O)CCc1ccc(/C=C/C(=O)Nc2nc3ccc(Cl)cc3s2)o1. The topological polar surface area (TPSA) is 81.4 Å². The van der Waals surface area contributed by atoms with Crippen molar-refractivity contribution >= 4 is 56.2 Å². The highest BCUT2D eigenvalue weighted by Gasteiger charge is 2.07. The van der Waals surface area contributed by atoms with E-state index in [-0.39, 0.29) is 18.3 Å². The largest absolute Gasteiger partial charge is 0.469 e. The molecule has 1 aromatic carbocycles. The number of aryl methyl sites for hydroxylation is 1. The number of amides is 1. The van der Waals surface area contributed by atoms with Gasteiger partial charge in [0.05, 0.1) is 23.7 Å². The third-order valence-corrected chi connectivity index (χ3v) is 4.63. The van der Waals surface area contributed by atoms with E-state index < -0.39 is 0 Å². The maximum atomic E-state index is 12.0. The summed E-state index contributed by atoms with van der Waals surface area (Å²) in [7, 11) is 1.34. The molecule has 0 aliphatic carbocycles. The molecule has 1 amide bonds. The van der Waals surface area contributed by atoms with Crippen molar-refractivity contribution in [2.24, 2.45) is 0 Å². The van der Waals surface area contributed by atoms with Gasteiger partial charge in [-0.15, -0.1) is 0 Å². The van der Waals surface area contributed by atoms with Crippen molar-refractivity contribution < 1.29 is 18.7 Å². The summed E-state index contributed by atoms with van der Waals surface area (Å²) in [6.45, 7) is 0. The lowest BCUT2D eigenvalue weighted by Crippen LogP contribution is -2.07. The number of halogens is 1. The minimum absolute atomic E-state index is 0.245. The number of nitrogens with one attached hydrogen (secondary N) is 1. The van der Waals surface area contributed by atoms with Gasteiger partial charge in [-0.3, -0.25) is 14.9 Å². The first-order chi connectivity index (χ1) is 12.5. The standard InChI is InChI=1S/C18H15ClN2O4S/c1-24-17(23)9-6-13-4-3-12(25-13)5-8-16(22)21-18-20-14-7-2-11(19)10-15(14)26-18/h2-5,7-8,10H,6,9H2,1H3,(H,20,21,22)/b8-5+. The number of carbonyl (C=O) groups is 2. The molecule has 0 unspecified atom stereocenters. The van der Waals surface area contributed by atoms with E-state index in [1.165, 1.54) is 24.5 Å². The number of hydrogen-bond donors (Lipinski definition) is 1. The van der Waals surface area contributed by atoms with Gasteiger partial charge in [0.15, 0.2) is 5.13 Å². The number of methoxy groups -OCH3 is 1. The summed E-state index contributed by atoms with van der Waals surface area (Å²) in [5.41, 5.74) is 0.778. The molecule has 134 valence electrons. The van der Waals surface area contributed by atoms with Crippen LogP contribution in [0.3, 0.4) is 0 Å². The quantitative estimate of drug-likeness (QED) is 0.501. The Kier molecular flexibility index (Phi) is 5.70. The van der Waals surface area contributed by atoms with Crippen molar-refractivity contribution in [3.63, 3.8) is 0 Å². The lowest BCUT2D eigenvalue weighted by molar-refractivity contribution is -0.140. The summed E-state index contributed by atoms with van der Waals surface area (Å²) in [4.78, 5) is 27.5. The van der Waals surface area contributed by atoms with Crippen molar-refractivity contribution in [3.05, 3.63) is 53.0 Å². The number of aromatic nitrogens is 1. The first-order valence-corrected chi connectivity index (χ1v) is 8.93. The van der Waals surface area contributed by atoms with E-state index in [1.807, 2.05) is 0 Å². The fraction of sp³-hybridized carbons (Fsp3) is 0.167. The Morgan fingerprint density at radius 1 is 1.35 bits per heavy atom. The average Bonchev–Trinajstić information content (AvgIpc) is 3.23. The predicted molar refractivity (Wildman–Crippen MR) is 101 cm³/mol. The molecule has 3 rings (SSSR count). The zero-order valence-electron chi connectivity index (χ0n) is 13.8. The van der Waals surface area contributed by atoms with E-state index in [9.17, 15) is 9.59 Å². The van der Waals surface area contributed by atoms with Crippen molar-refractivity contribution in [2.75, 3.05) is 12.4 Å². The van der Waals surface area contributed by atoms with Gasteiger partial charge in [-0.05, 0) is 36.4 Å². The molecule has 6 nitrogen and oxygen atoms in total. The highest BCUT2D eigenvalue weighted by Crippen LogP contribution is 2.28. The zero-order valence-corrected chi connectivity index (χ0v) is 15.4. The van der Waals surface area contributed by atoms with E-state index >= 15 is 0 Å². The van der Waals surface area contributed by atoms with Crippen molar-refractivity contribution in [1.82, 2.24) is 4.98 Å². The molecule has 2 aromatic heterocycles. The number of thiazole rings is 1. The van der Waals surface area contributed by atoms with Crippen LogP contribution in [-0.2, 0) is 20.7 Å². The summed E-state index contributed by atoms with van der Waals surface area (Å²) >= 11 is 7.29. The van der Waals surface area contributed by atoms with Gasteiger partial charge in [0.2, 0.25) is 5.91 Å². The number of carbonyl (C=O) groups excluding carboxylic acids is 2. The average molecular weight is 391 g/mol. The van der Waals surface area contributed by atoms with E-state index in [1.54, 1.807) is 36.4 Å². The summed E-state index contributed by atoms with van der Waals surface area (Å²) in [6, 6.07) is 8.86. The Balaban J connectivity index is 1.58. The molecule has 2 heterocycles. The fourth-order valence-corrected chi connectivity index (χ4v) is 3.35. The van der Waals surface area contributed by atoms with E-state index in [2.05, 4.69) is 15.0 Å². The van der Waals surface area contributed by atoms with Crippen molar-refractivity contribution in [2.45, 2.75) is 12.8 Å². The second kappa shape index (κ2) is 8.16. The van der Waals surface area contributed by atoms with Crippen LogP contribution in [0.5, 0.6) is 0 Å². The Labute approximate surface area is 158 Å². The molecule has 3 aromatic rings. The van der Waals surface area contributed by atoms with Gasteiger partial charge >= 0.3 is 5.97 Å². The fourth-order valence-electron chi connectivity index (χ4n) is 2.20. The van der Waals surface area contributed by atoms with Crippen LogP contribution in [0.2, 0.25) is 5.02 Å². The lowest BCUT2D eigenvalue weighted by Gasteiger charge is -1.96. The molecule has 8 heteroatoms. The van der Waals surface area contributed by atoms with Gasteiger partial charge in [-0.1, -0.05) is 22.9 Å². The second-order valence-electron chi connectivity index (χ2n) is 5.33. The number of hydrogen-bond acceptors (Lipinski definition) is 6.